The van der Waals surface area contributed by atoms with Crippen LogP contribution in [0.2, 0.25) is 0 Å². The number of amides is 1. The van der Waals surface area contributed by atoms with Gasteiger partial charge in [0.15, 0.2) is 0 Å². The number of benzene rings is 3. The van der Waals surface area contributed by atoms with Gasteiger partial charge in [-0.3, -0.25) is 13.9 Å². The van der Waals surface area contributed by atoms with E-state index in [4.69, 9.17) is 0 Å². The van der Waals surface area contributed by atoms with Crippen LogP contribution in [0.25, 0.3) is 0 Å². The molecule has 0 radical (unpaired) electrons. The number of carbonyl (C=O) groups is 2. The van der Waals surface area contributed by atoms with Crippen molar-refractivity contribution in [3.63, 3.8) is 0 Å². The molecule has 0 saturated carbocycles. The van der Waals surface area contributed by atoms with Crippen molar-refractivity contribution in [2.24, 2.45) is 0 Å². The third kappa shape index (κ3) is 4.73. The predicted octanol–water partition coefficient (Wildman–Crippen LogP) is 3.89. The molecular weight excluding hydrogens is 424 g/mol. The lowest BCUT2D eigenvalue weighted by atomic mass is 10.1. The molecule has 1 amide bonds. The summed E-state index contributed by atoms with van der Waals surface area (Å²) in [6.07, 6.45) is 0.672. The van der Waals surface area contributed by atoms with Gasteiger partial charge in [-0.15, -0.1) is 0 Å². The van der Waals surface area contributed by atoms with Crippen LogP contribution in [-0.2, 0) is 21.4 Å². The number of sulfonamides is 1. The van der Waals surface area contributed by atoms with E-state index in [9.17, 15) is 18.0 Å². The average molecular weight is 449 g/mol. The van der Waals surface area contributed by atoms with Gasteiger partial charge >= 0.3 is 0 Å². The van der Waals surface area contributed by atoms with E-state index in [1.165, 1.54) is 16.4 Å². The number of para-hydroxylation sites is 1. The summed E-state index contributed by atoms with van der Waals surface area (Å²) in [5, 5.41) is 0. The summed E-state index contributed by atoms with van der Waals surface area (Å²) in [5.74, 6) is -0.117. The quantitative estimate of drug-likeness (QED) is 0.573. The Hall–Kier alpha value is -3.45. The number of Topliss-reactive ketones (excluding diaryl/α,β-unsaturated/α-hetero) is 1. The number of anilines is 1. The molecule has 1 saturated heterocycles. The molecule has 3 aromatic rings. The molecule has 0 bridgehead atoms. The molecule has 1 heterocycles. The van der Waals surface area contributed by atoms with Crippen LogP contribution in [0.1, 0.15) is 28.8 Å². The van der Waals surface area contributed by atoms with Gasteiger partial charge in [-0.25, -0.2) is 8.42 Å². The van der Waals surface area contributed by atoms with E-state index in [0.717, 1.165) is 5.56 Å². The molecule has 0 aliphatic carbocycles. The van der Waals surface area contributed by atoms with Gasteiger partial charge in [-0.2, -0.15) is 0 Å². The fourth-order valence-corrected chi connectivity index (χ4v) is 5.22. The predicted molar refractivity (Wildman–Crippen MR) is 123 cm³/mol. The van der Waals surface area contributed by atoms with Crippen LogP contribution in [0.3, 0.4) is 0 Å². The normalized spacial score (nSPS) is 14.2. The number of hydrogen-bond donors (Lipinski definition) is 0. The Bertz CT molecular complexity index is 1200. The molecule has 0 atom stereocenters. The highest BCUT2D eigenvalue weighted by Gasteiger charge is 2.27. The highest BCUT2D eigenvalue weighted by Crippen LogP contribution is 2.27. The molecule has 1 aliphatic heterocycles. The summed E-state index contributed by atoms with van der Waals surface area (Å²) in [5.41, 5.74) is 1.70. The maximum absolute atomic E-state index is 13.7. The zero-order valence-electron chi connectivity index (χ0n) is 17.6. The zero-order valence-corrected chi connectivity index (χ0v) is 18.4. The Labute approximate surface area is 188 Å². The van der Waals surface area contributed by atoms with Crippen molar-refractivity contribution in [1.82, 2.24) is 4.90 Å². The molecular formula is C25H24N2O4S. The van der Waals surface area contributed by atoms with Crippen LogP contribution in [0.5, 0.6) is 0 Å². The second-order valence-corrected chi connectivity index (χ2v) is 9.55. The number of rotatable bonds is 6. The van der Waals surface area contributed by atoms with Crippen LogP contribution < -0.4 is 4.31 Å². The molecule has 0 N–H and O–H groups in total. The Morgan fingerprint density at radius 1 is 0.844 bits per heavy atom. The SMILES string of the molecule is O=C1CCN(C(=O)c2cccc(S(=O)(=O)N(Cc3ccccc3)c3ccccc3)c2)CC1. The van der Waals surface area contributed by atoms with Gasteiger partial charge in [0.2, 0.25) is 0 Å². The van der Waals surface area contributed by atoms with Crippen LogP contribution in [-0.4, -0.2) is 38.1 Å². The number of carbonyl (C=O) groups excluding carboxylic acids is 2. The number of ketones is 1. The molecule has 32 heavy (non-hydrogen) atoms. The van der Waals surface area contributed by atoms with E-state index in [1.807, 2.05) is 36.4 Å². The molecule has 4 rings (SSSR count). The van der Waals surface area contributed by atoms with E-state index in [2.05, 4.69) is 0 Å². The maximum Gasteiger partial charge on any atom is 0.264 e. The van der Waals surface area contributed by atoms with Crippen molar-refractivity contribution in [3.8, 4) is 0 Å². The summed E-state index contributed by atoms with van der Waals surface area (Å²) < 4.78 is 28.7. The summed E-state index contributed by atoms with van der Waals surface area (Å²) in [6, 6.07) is 24.4. The molecule has 1 fully saturated rings. The lowest BCUT2D eigenvalue weighted by Gasteiger charge is -2.27. The second-order valence-electron chi connectivity index (χ2n) is 7.69. The number of piperidine rings is 1. The zero-order chi connectivity index (χ0) is 22.6. The van der Waals surface area contributed by atoms with Gasteiger partial charge in [0, 0.05) is 31.5 Å². The van der Waals surface area contributed by atoms with Crippen molar-refractivity contribution in [1.29, 1.82) is 0 Å². The third-order valence-electron chi connectivity index (χ3n) is 5.49. The van der Waals surface area contributed by atoms with E-state index < -0.39 is 10.0 Å². The van der Waals surface area contributed by atoms with Crippen LogP contribution in [0.4, 0.5) is 5.69 Å². The fourth-order valence-electron chi connectivity index (χ4n) is 3.72. The minimum absolute atomic E-state index is 0.0521. The monoisotopic (exact) mass is 448 g/mol. The first-order chi connectivity index (χ1) is 15.4. The molecule has 7 heteroatoms. The highest BCUT2D eigenvalue weighted by molar-refractivity contribution is 7.92. The lowest BCUT2D eigenvalue weighted by Crippen LogP contribution is -2.38. The molecule has 3 aromatic carbocycles. The first kappa shape index (κ1) is 21.8. The van der Waals surface area contributed by atoms with Gasteiger partial charge in [-0.1, -0.05) is 54.6 Å². The Kier molecular flexibility index (Phi) is 6.37. The summed E-state index contributed by atoms with van der Waals surface area (Å²) in [7, 11) is -3.94. The number of nitrogens with zero attached hydrogens (tertiary/aromatic N) is 2. The maximum atomic E-state index is 13.7. The van der Waals surface area contributed by atoms with Crippen molar-refractivity contribution < 1.29 is 18.0 Å². The van der Waals surface area contributed by atoms with Crippen LogP contribution >= 0.6 is 0 Å². The van der Waals surface area contributed by atoms with Crippen LogP contribution in [0, 0.1) is 0 Å². The molecule has 0 spiro atoms. The molecule has 164 valence electrons. The van der Waals surface area contributed by atoms with Crippen molar-refractivity contribution in [2.45, 2.75) is 24.3 Å². The minimum Gasteiger partial charge on any atom is -0.338 e. The number of likely N-dealkylation sites (tertiary alicyclic amines) is 1. The van der Waals surface area contributed by atoms with Crippen LogP contribution in [0.15, 0.2) is 89.8 Å². The van der Waals surface area contributed by atoms with E-state index in [0.29, 0.717) is 37.2 Å². The van der Waals surface area contributed by atoms with Gasteiger partial charge in [0.05, 0.1) is 17.1 Å². The van der Waals surface area contributed by atoms with Gasteiger partial charge in [-0.05, 0) is 35.9 Å². The average Bonchev–Trinajstić information content (AvgIpc) is 2.84. The van der Waals surface area contributed by atoms with Crippen molar-refractivity contribution in [2.75, 3.05) is 17.4 Å². The molecule has 0 unspecified atom stereocenters. The van der Waals surface area contributed by atoms with E-state index >= 15 is 0 Å². The number of hydrogen-bond acceptors (Lipinski definition) is 4. The standard InChI is InChI=1S/C25H24N2O4S/c28-23-14-16-26(17-15-23)25(29)21-10-7-13-24(18-21)32(30,31)27(22-11-5-2-6-12-22)19-20-8-3-1-4-9-20/h1-13,18H,14-17,19H2. The van der Waals surface area contributed by atoms with Gasteiger partial charge in [0.25, 0.3) is 15.9 Å². The first-order valence-corrected chi connectivity index (χ1v) is 11.9. The molecule has 1 aliphatic rings. The van der Waals surface area contributed by atoms with Crippen molar-refractivity contribution >= 4 is 27.4 Å². The van der Waals surface area contributed by atoms with E-state index in [-0.39, 0.29) is 23.1 Å². The summed E-state index contributed by atoms with van der Waals surface area (Å²) in [4.78, 5) is 26.1. The highest BCUT2D eigenvalue weighted by atomic mass is 32.2. The lowest BCUT2D eigenvalue weighted by molar-refractivity contribution is -0.120. The topological polar surface area (TPSA) is 74.8 Å². The largest absolute Gasteiger partial charge is 0.338 e. The third-order valence-corrected chi connectivity index (χ3v) is 7.26. The first-order valence-electron chi connectivity index (χ1n) is 10.5. The molecule has 6 nitrogen and oxygen atoms in total. The molecule has 0 aromatic heterocycles. The Morgan fingerprint density at radius 3 is 2.12 bits per heavy atom. The van der Waals surface area contributed by atoms with Gasteiger partial charge in [0.1, 0.15) is 5.78 Å². The minimum atomic E-state index is -3.94. The van der Waals surface area contributed by atoms with E-state index in [1.54, 1.807) is 41.3 Å². The van der Waals surface area contributed by atoms with Crippen molar-refractivity contribution in [3.05, 3.63) is 96.1 Å². The smallest absolute Gasteiger partial charge is 0.264 e. The van der Waals surface area contributed by atoms with Gasteiger partial charge < -0.3 is 4.90 Å². The Balaban J connectivity index is 1.67. The fraction of sp³-hybridized carbons (Fsp3) is 0.200. The Morgan fingerprint density at radius 2 is 1.47 bits per heavy atom. The summed E-state index contributed by atoms with van der Waals surface area (Å²) >= 11 is 0. The summed E-state index contributed by atoms with van der Waals surface area (Å²) in [6.45, 7) is 0.886. The second kappa shape index (κ2) is 9.36.